The van der Waals surface area contributed by atoms with Crippen LogP contribution in [0.1, 0.15) is 12.8 Å². The third kappa shape index (κ3) is 2.59. The molecule has 0 aliphatic carbocycles. The van der Waals surface area contributed by atoms with Gasteiger partial charge in [-0.1, -0.05) is 6.07 Å². The Morgan fingerprint density at radius 2 is 2.39 bits per heavy atom. The van der Waals surface area contributed by atoms with Gasteiger partial charge in [0.25, 0.3) is 0 Å². The number of nitro groups is 1. The Kier molecular flexibility index (Phi) is 3.76. The molecule has 1 aliphatic rings. The van der Waals surface area contributed by atoms with Gasteiger partial charge in [-0.15, -0.1) is 0 Å². The Balaban J connectivity index is 2.20. The Hall–Kier alpha value is -1.69. The summed E-state index contributed by atoms with van der Waals surface area (Å²) in [6.07, 6.45) is 2.16. The van der Waals surface area contributed by atoms with E-state index in [0.29, 0.717) is 18.3 Å². The Morgan fingerprint density at radius 1 is 1.61 bits per heavy atom. The molecule has 1 N–H and O–H groups in total. The smallest absolute Gasteiger partial charge is 0.327 e. The van der Waals surface area contributed by atoms with Crippen molar-refractivity contribution in [3.63, 3.8) is 0 Å². The molecule has 0 saturated carbocycles. The van der Waals surface area contributed by atoms with E-state index in [2.05, 4.69) is 5.32 Å². The van der Waals surface area contributed by atoms with Crippen molar-refractivity contribution in [3.05, 3.63) is 34.1 Å². The monoisotopic (exact) mass is 253 g/mol. The summed E-state index contributed by atoms with van der Waals surface area (Å²) in [5, 5.41) is 14.2. The molecule has 0 radical (unpaired) electrons. The van der Waals surface area contributed by atoms with Gasteiger partial charge in [-0.25, -0.2) is 0 Å². The first kappa shape index (κ1) is 12.8. The number of rotatable bonds is 4. The number of likely N-dealkylation sites (N-methyl/N-ethyl adjacent to an activating group) is 1. The van der Waals surface area contributed by atoms with E-state index in [0.717, 1.165) is 25.5 Å². The van der Waals surface area contributed by atoms with Crippen LogP contribution in [-0.4, -0.2) is 31.1 Å². The lowest BCUT2D eigenvalue weighted by Crippen LogP contribution is -2.35. The summed E-state index contributed by atoms with van der Waals surface area (Å²) in [5.74, 6) is -0.788. The molecule has 1 fully saturated rings. The average molecular weight is 253 g/mol. The molecule has 1 aromatic carbocycles. The van der Waals surface area contributed by atoms with Crippen LogP contribution in [0.4, 0.5) is 15.8 Å². The first-order valence-electron chi connectivity index (χ1n) is 5.97. The summed E-state index contributed by atoms with van der Waals surface area (Å²) in [5.41, 5.74) is -0.119. The van der Waals surface area contributed by atoms with Crippen LogP contribution in [-0.2, 0) is 0 Å². The zero-order valence-corrected chi connectivity index (χ0v) is 10.2. The van der Waals surface area contributed by atoms with Crippen molar-refractivity contribution < 1.29 is 9.31 Å². The van der Waals surface area contributed by atoms with Crippen LogP contribution in [0.3, 0.4) is 0 Å². The number of nitrogens with one attached hydrogen (secondary N) is 1. The van der Waals surface area contributed by atoms with Crippen LogP contribution < -0.4 is 10.2 Å². The SMILES string of the molecule is CN(CC1CCCN1)c1cccc(F)c1[N+](=O)[O-]. The average Bonchev–Trinajstić information content (AvgIpc) is 2.80. The molecular weight excluding hydrogens is 237 g/mol. The molecule has 1 saturated heterocycles. The predicted molar refractivity (Wildman–Crippen MR) is 67.3 cm³/mol. The van der Waals surface area contributed by atoms with Crippen LogP contribution >= 0.6 is 0 Å². The second-order valence-electron chi connectivity index (χ2n) is 4.54. The second kappa shape index (κ2) is 5.30. The number of benzene rings is 1. The molecule has 0 bridgehead atoms. The number of halogens is 1. The Labute approximate surface area is 105 Å². The van der Waals surface area contributed by atoms with Gasteiger partial charge in [-0.3, -0.25) is 10.1 Å². The van der Waals surface area contributed by atoms with Gasteiger partial charge in [0.15, 0.2) is 0 Å². The maximum Gasteiger partial charge on any atom is 0.327 e. The fraction of sp³-hybridized carbons (Fsp3) is 0.500. The minimum atomic E-state index is -0.788. The van der Waals surface area contributed by atoms with Gasteiger partial charge in [0.2, 0.25) is 5.82 Å². The minimum Gasteiger partial charge on any atom is -0.367 e. The van der Waals surface area contributed by atoms with Gasteiger partial charge < -0.3 is 10.2 Å². The number of para-hydroxylation sites is 1. The van der Waals surface area contributed by atoms with E-state index in [4.69, 9.17) is 0 Å². The molecule has 0 aromatic heterocycles. The van der Waals surface area contributed by atoms with E-state index in [1.165, 1.54) is 6.07 Å². The standard InChI is InChI=1S/C12H16FN3O2/c1-15(8-9-4-3-7-14-9)11-6-2-5-10(13)12(11)16(17)18/h2,5-6,9,14H,3-4,7-8H2,1H3. The van der Waals surface area contributed by atoms with E-state index in [1.54, 1.807) is 18.0 Å². The van der Waals surface area contributed by atoms with Gasteiger partial charge in [-0.2, -0.15) is 4.39 Å². The first-order valence-corrected chi connectivity index (χ1v) is 5.97. The normalized spacial score (nSPS) is 18.9. The van der Waals surface area contributed by atoms with Gasteiger partial charge in [-0.05, 0) is 31.5 Å². The lowest BCUT2D eigenvalue weighted by atomic mass is 10.2. The zero-order chi connectivity index (χ0) is 13.1. The maximum absolute atomic E-state index is 13.5. The highest BCUT2D eigenvalue weighted by Crippen LogP contribution is 2.30. The van der Waals surface area contributed by atoms with Crippen LogP contribution in [0.2, 0.25) is 0 Å². The molecule has 1 unspecified atom stereocenters. The molecule has 0 amide bonds. The topological polar surface area (TPSA) is 58.4 Å². The fourth-order valence-electron chi connectivity index (χ4n) is 2.33. The molecule has 0 spiro atoms. The third-order valence-corrected chi connectivity index (χ3v) is 3.22. The van der Waals surface area contributed by atoms with Gasteiger partial charge in [0.05, 0.1) is 4.92 Å². The molecule has 6 heteroatoms. The molecule has 5 nitrogen and oxygen atoms in total. The van der Waals surface area contributed by atoms with Crippen LogP contribution in [0, 0.1) is 15.9 Å². The van der Waals surface area contributed by atoms with Crippen molar-refractivity contribution in [1.29, 1.82) is 0 Å². The summed E-state index contributed by atoms with van der Waals surface area (Å²) in [6.45, 7) is 1.62. The molecule has 1 aliphatic heterocycles. The number of hydrogen-bond donors (Lipinski definition) is 1. The van der Waals surface area contributed by atoms with E-state index in [1.807, 2.05) is 0 Å². The highest BCUT2D eigenvalue weighted by Gasteiger charge is 2.24. The fourth-order valence-corrected chi connectivity index (χ4v) is 2.33. The molecular formula is C12H16FN3O2. The van der Waals surface area contributed by atoms with Crippen molar-refractivity contribution >= 4 is 11.4 Å². The minimum absolute atomic E-state index is 0.317. The Morgan fingerprint density at radius 3 is 3.00 bits per heavy atom. The zero-order valence-electron chi connectivity index (χ0n) is 10.2. The van der Waals surface area contributed by atoms with E-state index < -0.39 is 16.4 Å². The summed E-state index contributed by atoms with van der Waals surface area (Å²) >= 11 is 0. The van der Waals surface area contributed by atoms with Crippen molar-refractivity contribution in [3.8, 4) is 0 Å². The van der Waals surface area contributed by atoms with Crippen LogP contribution in [0.25, 0.3) is 0 Å². The molecule has 1 heterocycles. The summed E-state index contributed by atoms with van der Waals surface area (Å²) in [7, 11) is 1.75. The highest BCUT2D eigenvalue weighted by atomic mass is 19.1. The largest absolute Gasteiger partial charge is 0.367 e. The summed E-state index contributed by atoms with van der Waals surface area (Å²) in [4.78, 5) is 12.0. The quantitative estimate of drug-likeness (QED) is 0.658. The molecule has 18 heavy (non-hydrogen) atoms. The Bertz CT molecular complexity index is 447. The van der Waals surface area contributed by atoms with Crippen molar-refractivity contribution in [2.24, 2.45) is 0 Å². The van der Waals surface area contributed by atoms with Crippen LogP contribution in [0.5, 0.6) is 0 Å². The predicted octanol–water partition coefficient (Wildman–Crippen LogP) is 1.92. The lowest BCUT2D eigenvalue weighted by Gasteiger charge is -2.23. The second-order valence-corrected chi connectivity index (χ2v) is 4.54. The van der Waals surface area contributed by atoms with E-state index >= 15 is 0 Å². The van der Waals surface area contributed by atoms with E-state index in [-0.39, 0.29) is 0 Å². The lowest BCUT2D eigenvalue weighted by molar-refractivity contribution is -0.386. The van der Waals surface area contributed by atoms with Crippen molar-refractivity contribution in [2.75, 3.05) is 25.0 Å². The van der Waals surface area contributed by atoms with Crippen molar-refractivity contribution in [2.45, 2.75) is 18.9 Å². The highest BCUT2D eigenvalue weighted by molar-refractivity contribution is 5.63. The van der Waals surface area contributed by atoms with Crippen LogP contribution in [0.15, 0.2) is 18.2 Å². The van der Waals surface area contributed by atoms with Crippen molar-refractivity contribution in [1.82, 2.24) is 5.32 Å². The first-order chi connectivity index (χ1) is 8.59. The number of anilines is 1. The summed E-state index contributed by atoms with van der Waals surface area (Å²) < 4.78 is 13.5. The molecule has 2 rings (SSSR count). The number of hydrogen-bond acceptors (Lipinski definition) is 4. The van der Waals surface area contributed by atoms with E-state index in [9.17, 15) is 14.5 Å². The molecule has 1 aromatic rings. The third-order valence-electron chi connectivity index (χ3n) is 3.22. The van der Waals surface area contributed by atoms with Gasteiger partial charge >= 0.3 is 5.69 Å². The van der Waals surface area contributed by atoms with Gasteiger partial charge in [0.1, 0.15) is 5.69 Å². The summed E-state index contributed by atoms with van der Waals surface area (Å²) in [6, 6.07) is 4.51. The molecule has 98 valence electrons. The maximum atomic E-state index is 13.5. The molecule has 1 atom stereocenters. The number of nitrogens with zero attached hydrogens (tertiary/aromatic N) is 2. The number of nitro benzene ring substituents is 1. The van der Waals surface area contributed by atoms with Gasteiger partial charge in [0, 0.05) is 19.6 Å².